The molecule has 82 valence electrons. The molecule has 0 aliphatic carbocycles. The summed E-state index contributed by atoms with van der Waals surface area (Å²) >= 11 is 11.8. The molecule has 0 unspecified atom stereocenters. The van der Waals surface area contributed by atoms with Gasteiger partial charge in [0, 0.05) is 15.7 Å². The van der Waals surface area contributed by atoms with Gasteiger partial charge in [0.2, 0.25) is 0 Å². The SMILES string of the molecule is CCON/C(C)=C/c1ccc(Cl)cc1Cl. The number of halogens is 2. The average molecular weight is 246 g/mol. The highest BCUT2D eigenvalue weighted by atomic mass is 35.5. The normalized spacial score (nSPS) is 11.6. The van der Waals surface area contributed by atoms with E-state index in [1.165, 1.54) is 0 Å². The quantitative estimate of drug-likeness (QED) is 0.813. The molecule has 0 spiro atoms. The fourth-order valence-corrected chi connectivity index (χ4v) is 1.53. The predicted molar refractivity (Wildman–Crippen MR) is 64.9 cm³/mol. The summed E-state index contributed by atoms with van der Waals surface area (Å²) in [5.41, 5.74) is 4.59. The Morgan fingerprint density at radius 2 is 2.20 bits per heavy atom. The third kappa shape index (κ3) is 4.12. The Hall–Kier alpha value is -0.700. The summed E-state index contributed by atoms with van der Waals surface area (Å²) in [5.74, 6) is 0. The van der Waals surface area contributed by atoms with Gasteiger partial charge in [0.05, 0.1) is 6.61 Å². The summed E-state index contributed by atoms with van der Waals surface area (Å²) in [6.45, 7) is 4.43. The van der Waals surface area contributed by atoms with Crippen molar-refractivity contribution in [1.82, 2.24) is 5.48 Å². The van der Waals surface area contributed by atoms with E-state index in [4.69, 9.17) is 28.0 Å². The first-order chi connectivity index (χ1) is 7.13. The van der Waals surface area contributed by atoms with Crippen molar-refractivity contribution in [3.05, 3.63) is 39.5 Å². The number of hydroxylamine groups is 1. The molecule has 4 heteroatoms. The number of rotatable bonds is 4. The average Bonchev–Trinajstić information content (AvgIpc) is 2.19. The Balaban J connectivity index is 2.78. The predicted octanol–water partition coefficient (Wildman–Crippen LogP) is 3.90. The minimum atomic E-state index is 0.611. The largest absolute Gasteiger partial charge is 0.277 e. The lowest BCUT2D eigenvalue weighted by Gasteiger charge is -2.05. The summed E-state index contributed by atoms with van der Waals surface area (Å²) in [4.78, 5) is 5.04. The molecule has 0 saturated heterocycles. The summed E-state index contributed by atoms with van der Waals surface area (Å²) < 4.78 is 0. The third-order valence-electron chi connectivity index (χ3n) is 1.71. The van der Waals surface area contributed by atoms with Crippen LogP contribution in [0.25, 0.3) is 6.08 Å². The first-order valence-corrected chi connectivity index (χ1v) is 5.40. The summed E-state index contributed by atoms with van der Waals surface area (Å²) in [6, 6.07) is 5.37. The number of benzene rings is 1. The lowest BCUT2D eigenvalue weighted by Crippen LogP contribution is -2.11. The van der Waals surface area contributed by atoms with E-state index in [1.807, 2.05) is 26.0 Å². The molecule has 0 aliphatic heterocycles. The van der Waals surface area contributed by atoms with Crippen molar-refractivity contribution in [2.24, 2.45) is 0 Å². The minimum absolute atomic E-state index is 0.611. The molecule has 0 radical (unpaired) electrons. The molecule has 0 aliphatic rings. The highest BCUT2D eigenvalue weighted by Gasteiger charge is 1.98. The van der Waals surface area contributed by atoms with Crippen LogP contribution in [0.2, 0.25) is 10.0 Å². The van der Waals surface area contributed by atoms with E-state index >= 15 is 0 Å². The van der Waals surface area contributed by atoms with Crippen molar-refractivity contribution in [2.45, 2.75) is 13.8 Å². The van der Waals surface area contributed by atoms with Crippen molar-refractivity contribution in [3.8, 4) is 0 Å². The van der Waals surface area contributed by atoms with Crippen LogP contribution in [0.3, 0.4) is 0 Å². The van der Waals surface area contributed by atoms with Crippen molar-refractivity contribution < 1.29 is 4.84 Å². The van der Waals surface area contributed by atoms with Crippen molar-refractivity contribution in [2.75, 3.05) is 6.61 Å². The Morgan fingerprint density at radius 1 is 1.47 bits per heavy atom. The molecule has 0 atom stereocenters. The molecule has 0 bridgehead atoms. The molecular weight excluding hydrogens is 233 g/mol. The fourth-order valence-electron chi connectivity index (χ4n) is 1.07. The lowest BCUT2D eigenvalue weighted by atomic mass is 10.2. The van der Waals surface area contributed by atoms with Crippen LogP contribution in [-0.2, 0) is 4.84 Å². The van der Waals surface area contributed by atoms with E-state index in [0.29, 0.717) is 16.7 Å². The van der Waals surface area contributed by atoms with Crippen molar-refractivity contribution in [1.29, 1.82) is 0 Å². The van der Waals surface area contributed by atoms with Gasteiger partial charge in [-0.3, -0.25) is 10.3 Å². The maximum Gasteiger partial charge on any atom is 0.0717 e. The number of allylic oxidation sites excluding steroid dienone is 1. The molecular formula is C11H13Cl2NO. The summed E-state index contributed by atoms with van der Waals surface area (Å²) in [5, 5.41) is 1.26. The van der Waals surface area contributed by atoms with E-state index in [-0.39, 0.29) is 0 Å². The molecule has 0 heterocycles. The van der Waals surface area contributed by atoms with E-state index in [1.54, 1.807) is 12.1 Å². The van der Waals surface area contributed by atoms with E-state index < -0.39 is 0 Å². The molecule has 1 aromatic rings. The van der Waals surface area contributed by atoms with Crippen LogP contribution in [0, 0.1) is 0 Å². The van der Waals surface area contributed by atoms with E-state index in [9.17, 15) is 0 Å². The van der Waals surface area contributed by atoms with Crippen LogP contribution in [0.1, 0.15) is 19.4 Å². The molecule has 0 saturated carbocycles. The molecule has 0 aromatic heterocycles. The highest BCUT2D eigenvalue weighted by molar-refractivity contribution is 6.35. The molecule has 2 nitrogen and oxygen atoms in total. The van der Waals surface area contributed by atoms with Crippen LogP contribution in [0.5, 0.6) is 0 Å². The molecule has 1 N–H and O–H groups in total. The van der Waals surface area contributed by atoms with Gasteiger partial charge in [0.25, 0.3) is 0 Å². The first-order valence-electron chi connectivity index (χ1n) is 4.64. The van der Waals surface area contributed by atoms with Gasteiger partial charge in [0.15, 0.2) is 0 Å². The third-order valence-corrected chi connectivity index (χ3v) is 2.27. The zero-order valence-electron chi connectivity index (χ0n) is 8.68. The zero-order chi connectivity index (χ0) is 11.3. The van der Waals surface area contributed by atoms with Crippen LogP contribution in [0.4, 0.5) is 0 Å². The zero-order valence-corrected chi connectivity index (χ0v) is 10.2. The fraction of sp³-hybridized carbons (Fsp3) is 0.273. The molecule has 1 rings (SSSR count). The van der Waals surface area contributed by atoms with Gasteiger partial charge in [0.1, 0.15) is 0 Å². The van der Waals surface area contributed by atoms with Crippen molar-refractivity contribution in [3.63, 3.8) is 0 Å². The Bertz CT molecular complexity index is 364. The topological polar surface area (TPSA) is 21.3 Å². The molecule has 0 fully saturated rings. The summed E-state index contributed by atoms with van der Waals surface area (Å²) in [6.07, 6.45) is 1.90. The standard InChI is InChI=1S/C11H13Cl2NO/c1-3-15-14-8(2)6-9-4-5-10(12)7-11(9)13/h4-7,14H,3H2,1-2H3/b8-6+. The van der Waals surface area contributed by atoms with Crippen molar-refractivity contribution >= 4 is 29.3 Å². The monoisotopic (exact) mass is 245 g/mol. The van der Waals surface area contributed by atoms with Gasteiger partial charge in [-0.25, -0.2) is 0 Å². The molecule has 1 aromatic carbocycles. The second-order valence-corrected chi connectivity index (χ2v) is 3.87. The van der Waals surface area contributed by atoms with Crippen LogP contribution < -0.4 is 5.48 Å². The lowest BCUT2D eigenvalue weighted by molar-refractivity contribution is 0.0745. The van der Waals surface area contributed by atoms with Crippen LogP contribution in [-0.4, -0.2) is 6.61 Å². The molecule has 15 heavy (non-hydrogen) atoms. The van der Waals surface area contributed by atoms with Gasteiger partial charge in [-0.15, -0.1) is 0 Å². The van der Waals surface area contributed by atoms with Gasteiger partial charge >= 0.3 is 0 Å². The number of nitrogens with one attached hydrogen (secondary N) is 1. The second kappa shape index (κ2) is 6.01. The number of hydrogen-bond acceptors (Lipinski definition) is 2. The van der Waals surface area contributed by atoms with E-state index in [2.05, 4.69) is 5.48 Å². The second-order valence-electron chi connectivity index (χ2n) is 3.03. The maximum atomic E-state index is 6.01. The van der Waals surface area contributed by atoms with Crippen LogP contribution >= 0.6 is 23.2 Å². The Kier molecular flexibility index (Phi) is 4.95. The highest BCUT2D eigenvalue weighted by Crippen LogP contribution is 2.22. The smallest absolute Gasteiger partial charge is 0.0717 e. The van der Waals surface area contributed by atoms with Crippen LogP contribution in [0.15, 0.2) is 23.9 Å². The van der Waals surface area contributed by atoms with E-state index in [0.717, 1.165) is 11.3 Å². The van der Waals surface area contributed by atoms with Gasteiger partial charge in [-0.05, 0) is 37.6 Å². The van der Waals surface area contributed by atoms with Gasteiger partial charge in [-0.2, -0.15) is 0 Å². The first kappa shape index (κ1) is 12.4. The number of hydrogen-bond donors (Lipinski definition) is 1. The molecule has 0 amide bonds. The van der Waals surface area contributed by atoms with Gasteiger partial charge < -0.3 is 0 Å². The Morgan fingerprint density at radius 3 is 2.80 bits per heavy atom. The minimum Gasteiger partial charge on any atom is -0.277 e. The summed E-state index contributed by atoms with van der Waals surface area (Å²) in [7, 11) is 0. The van der Waals surface area contributed by atoms with Gasteiger partial charge in [-0.1, -0.05) is 29.3 Å². The maximum absolute atomic E-state index is 6.01. The Labute approximate surface area is 99.8 Å².